The van der Waals surface area contributed by atoms with Crippen molar-refractivity contribution < 1.29 is 4.74 Å². The maximum absolute atomic E-state index is 5.80. The van der Waals surface area contributed by atoms with Crippen LogP contribution >= 0.6 is 0 Å². The molecule has 2 heteroatoms. The zero-order valence-corrected chi connectivity index (χ0v) is 10.3. The minimum atomic E-state index is 0.192. The van der Waals surface area contributed by atoms with E-state index in [1.165, 1.54) is 11.1 Å². The van der Waals surface area contributed by atoms with Crippen LogP contribution in [0.2, 0.25) is 0 Å². The molecule has 0 spiro atoms. The van der Waals surface area contributed by atoms with Crippen LogP contribution in [0.25, 0.3) is 0 Å². The van der Waals surface area contributed by atoms with E-state index in [1.807, 2.05) is 6.07 Å². The molecule has 0 aromatic heterocycles. The van der Waals surface area contributed by atoms with Crippen LogP contribution in [0, 0.1) is 0 Å². The molecule has 0 bridgehead atoms. The van der Waals surface area contributed by atoms with Gasteiger partial charge in [0.05, 0.1) is 12.8 Å². The molecule has 3 rings (SSSR count). The van der Waals surface area contributed by atoms with E-state index in [9.17, 15) is 0 Å². The molecule has 2 aromatic rings. The number of rotatable bonds is 2. The largest absolute Gasteiger partial charge is 0.358 e. The van der Waals surface area contributed by atoms with Crippen molar-refractivity contribution in [2.75, 3.05) is 6.73 Å². The molecule has 1 aliphatic rings. The van der Waals surface area contributed by atoms with Crippen LogP contribution in [0.1, 0.15) is 29.7 Å². The lowest BCUT2D eigenvalue weighted by Crippen LogP contribution is -2.32. The fourth-order valence-corrected chi connectivity index (χ4v) is 2.45. The van der Waals surface area contributed by atoms with Crippen molar-refractivity contribution in [1.29, 1.82) is 0 Å². The predicted molar refractivity (Wildman–Crippen MR) is 72.1 cm³/mol. The first-order valence-corrected chi connectivity index (χ1v) is 6.38. The molecule has 2 atom stereocenters. The first kappa shape index (κ1) is 11.5. The summed E-state index contributed by atoms with van der Waals surface area (Å²) in [5.74, 6) is 0. The fourth-order valence-electron chi connectivity index (χ4n) is 2.45. The Hall–Kier alpha value is -1.64. The third kappa shape index (κ3) is 2.45. The topological polar surface area (TPSA) is 21.3 Å². The van der Waals surface area contributed by atoms with E-state index in [1.54, 1.807) is 0 Å². The number of nitrogens with one attached hydrogen (secondary N) is 1. The Morgan fingerprint density at radius 3 is 2.11 bits per heavy atom. The van der Waals surface area contributed by atoms with E-state index in [4.69, 9.17) is 4.74 Å². The van der Waals surface area contributed by atoms with Crippen molar-refractivity contribution in [3.05, 3.63) is 71.8 Å². The van der Waals surface area contributed by atoms with Crippen LogP contribution in [0.15, 0.2) is 60.7 Å². The quantitative estimate of drug-likeness (QED) is 0.866. The van der Waals surface area contributed by atoms with Crippen molar-refractivity contribution in [2.45, 2.75) is 18.6 Å². The van der Waals surface area contributed by atoms with Gasteiger partial charge in [-0.1, -0.05) is 60.7 Å². The third-order valence-corrected chi connectivity index (χ3v) is 3.44. The smallest absolute Gasteiger partial charge is 0.0978 e. The van der Waals surface area contributed by atoms with E-state index in [2.05, 4.69) is 59.9 Å². The molecule has 0 radical (unpaired) electrons. The molecule has 0 aliphatic carbocycles. The van der Waals surface area contributed by atoms with E-state index in [0.717, 1.165) is 6.42 Å². The summed E-state index contributed by atoms with van der Waals surface area (Å²) in [5.41, 5.74) is 2.60. The molecule has 1 fully saturated rings. The van der Waals surface area contributed by atoms with Crippen molar-refractivity contribution in [3.63, 3.8) is 0 Å². The lowest BCUT2D eigenvalue weighted by Gasteiger charge is -2.31. The summed E-state index contributed by atoms with van der Waals surface area (Å²) in [6.07, 6.45) is 1.17. The second kappa shape index (κ2) is 5.34. The summed E-state index contributed by atoms with van der Waals surface area (Å²) in [6, 6.07) is 21.4. The summed E-state index contributed by atoms with van der Waals surface area (Å²) >= 11 is 0. The van der Waals surface area contributed by atoms with Gasteiger partial charge in [-0.3, -0.25) is 5.32 Å². The van der Waals surface area contributed by atoms with Crippen molar-refractivity contribution in [2.24, 2.45) is 0 Å². The van der Waals surface area contributed by atoms with E-state index < -0.39 is 0 Å². The van der Waals surface area contributed by atoms with E-state index in [-0.39, 0.29) is 6.10 Å². The summed E-state index contributed by atoms with van der Waals surface area (Å²) < 4.78 is 5.80. The van der Waals surface area contributed by atoms with Gasteiger partial charge in [0, 0.05) is 6.04 Å². The van der Waals surface area contributed by atoms with Gasteiger partial charge < -0.3 is 4.74 Å². The van der Waals surface area contributed by atoms with Gasteiger partial charge in [-0.2, -0.15) is 0 Å². The molecule has 1 aliphatic heterocycles. The second-order valence-electron chi connectivity index (χ2n) is 4.61. The number of ether oxygens (including phenoxy) is 1. The van der Waals surface area contributed by atoms with Crippen LogP contribution in [0.3, 0.4) is 0 Å². The Morgan fingerprint density at radius 1 is 0.833 bits per heavy atom. The maximum Gasteiger partial charge on any atom is 0.0978 e. The highest BCUT2D eigenvalue weighted by Crippen LogP contribution is 2.32. The van der Waals surface area contributed by atoms with Gasteiger partial charge in [0.2, 0.25) is 0 Å². The monoisotopic (exact) mass is 239 g/mol. The Morgan fingerprint density at radius 2 is 1.44 bits per heavy atom. The van der Waals surface area contributed by atoms with Gasteiger partial charge >= 0.3 is 0 Å². The Labute approximate surface area is 108 Å². The highest BCUT2D eigenvalue weighted by Gasteiger charge is 2.24. The number of benzene rings is 2. The minimum absolute atomic E-state index is 0.192. The van der Waals surface area contributed by atoms with Crippen LogP contribution in [0.4, 0.5) is 0 Å². The number of hydrogen-bond donors (Lipinski definition) is 1. The van der Waals surface area contributed by atoms with Crippen molar-refractivity contribution in [1.82, 2.24) is 5.32 Å². The SMILES string of the molecule is c1ccc([C@@H]2C[C@H](c3ccccc3)NCO2)cc1. The summed E-state index contributed by atoms with van der Waals surface area (Å²) in [4.78, 5) is 0. The van der Waals surface area contributed by atoms with Crippen LogP contribution in [-0.2, 0) is 4.74 Å². The lowest BCUT2D eigenvalue weighted by atomic mass is 9.96. The molecule has 0 amide bonds. The molecule has 18 heavy (non-hydrogen) atoms. The first-order chi connectivity index (χ1) is 8.93. The van der Waals surface area contributed by atoms with Gasteiger partial charge in [-0.25, -0.2) is 0 Å². The minimum Gasteiger partial charge on any atom is -0.358 e. The predicted octanol–water partition coefficient (Wildman–Crippen LogP) is 3.44. The van der Waals surface area contributed by atoms with Crippen molar-refractivity contribution in [3.8, 4) is 0 Å². The van der Waals surface area contributed by atoms with Gasteiger partial charge in [0.25, 0.3) is 0 Å². The first-order valence-electron chi connectivity index (χ1n) is 6.38. The van der Waals surface area contributed by atoms with E-state index >= 15 is 0 Å². The Balaban J connectivity index is 1.77. The zero-order valence-electron chi connectivity index (χ0n) is 10.3. The molecular formula is C16H17NO. The maximum atomic E-state index is 5.80. The fraction of sp³-hybridized carbons (Fsp3) is 0.250. The van der Waals surface area contributed by atoms with Gasteiger partial charge in [0.1, 0.15) is 0 Å². The molecule has 92 valence electrons. The second-order valence-corrected chi connectivity index (χ2v) is 4.61. The lowest BCUT2D eigenvalue weighted by molar-refractivity contribution is -0.0140. The molecule has 0 unspecified atom stereocenters. The van der Waals surface area contributed by atoms with Gasteiger partial charge in [-0.15, -0.1) is 0 Å². The molecule has 0 saturated carbocycles. The van der Waals surface area contributed by atoms with Crippen LogP contribution < -0.4 is 5.32 Å². The molecular weight excluding hydrogens is 222 g/mol. The van der Waals surface area contributed by atoms with Gasteiger partial charge in [-0.05, 0) is 17.5 Å². The van der Waals surface area contributed by atoms with Crippen molar-refractivity contribution >= 4 is 0 Å². The zero-order chi connectivity index (χ0) is 12.2. The Bertz CT molecular complexity index is 437. The highest BCUT2D eigenvalue weighted by molar-refractivity contribution is 5.22. The highest BCUT2D eigenvalue weighted by atomic mass is 16.5. The van der Waals surface area contributed by atoms with Crippen LogP contribution in [-0.4, -0.2) is 6.73 Å². The standard InChI is InChI=1S/C16H17NO/c1-3-7-13(8-4-1)15-11-16(18-12-17-15)14-9-5-2-6-10-14/h1-10,15-17H,11-12H2/t15-,16+/m1/s1. The third-order valence-electron chi connectivity index (χ3n) is 3.44. The Kier molecular flexibility index (Phi) is 3.40. The molecule has 2 aromatic carbocycles. The molecule has 2 nitrogen and oxygen atoms in total. The summed E-state index contributed by atoms with van der Waals surface area (Å²) in [5, 5.41) is 3.41. The molecule has 1 heterocycles. The van der Waals surface area contributed by atoms with Gasteiger partial charge in [0.15, 0.2) is 0 Å². The molecule has 1 saturated heterocycles. The number of hydrogen-bond acceptors (Lipinski definition) is 2. The molecule has 1 N–H and O–H groups in total. The average Bonchev–Trinajstić information content (AvgIpc) is 2.49. The summed E-state index contributed by atoms with van der Waals surface area (Å²) in [6.45, 7) is 0.610. The summed E-state index contributed by atoms with van der Waals surface area (Å²) in [7, 11) is 0. The normalized spacial score (nSPS) is 23.8. The van der Waals surface area contributed by atoms with Crippen LogP contribution in [0.5, 0.6) is 0 Å². The average molecular weight is 239 g/mol. The van der Waals surface area contributed by atoms with E-state index in [0.29, 0.717) is 12.8 Å².